The Balaban J connectivity index is 1.50. The van der Waals surface area contributed by atoms with Gasteiger partial charge in [0.15, 0.2) is 11.6 Å². The normalized spacial score (nSPS) is 17.9. The fourth-order valence-corrected chi connectivity index (χ4v) is 4.53. The number of unbranched alkanes of at least 4 members (excludes halogenated alkanes) is 4. The molecule has 1 saturated carbocycles. The molecular weight excluding hydrogens is 414 g/mol. The Labute approximate surface area is 198 Å². The van der Waals surface area contributed by atoms with Crippen LogP contribution >= 0.6 is 0 Å². The van der Waals surface area contributed by atoms with E-state index < -0.39 is 11.6 Å². The molecule has 1 fully saturated rings. The highest BCUT2D eigenvalue weighted by Gasteiger charge is 2.21. The topological polar surface area (TPSA) is 9.23 Å². The van der Waals surface area contributed by atoms with Gasteiger partial charge in [0.2, 0.25) is 5.82 Å². The fourth-order valence-electron chi connectivity index (χ4n) is 4.53. The van der Waals surface area contributed by atoms with Gasteiger partial charge in [0, 0.05) is 5.92 Å². The largest absolute Gasteiger partial charge is 0.490 e. The van der Waals surface area contributed by atoms with Gasteiger partial charge in [0.1, 0.15) is 0 Å². The maximum Gasteiger partial charge on any atom is 0.201 e. The van der Waals surface area contributed by atoms with E-state index in [4.69, 9.17) is 4.74 Å². The molecule has 1 aliphatic rings. The highest BCUT2D eigenvalue weighted by molar-refractivity contribution is 5.41. The van der Waals surface area contributed by atoms with Crippen LogP contribution in [-0.4, -0.2) is 6.61 Å². The third-order valence-electron chi connectivity index (χ3n) is 6.71. The van der Waals surface area contributed by atoms with Crippen LogP contribution in [0.5, 0.6) is 5.75 Å². The van der Waals surface area contributed by atoms with Crippen LogP contribution in [0.3, 0.4) is 0 Å². The van der Waals surface area contributed by atoms with Crippen LogP contribution in [0.2, 0.25) is 0 Å². The summed E-state index contributed by atoms with van der Waals surface area (Å²) in [6, 6.07) is 12.2. The van der Waals surface area contributed by atoms with Crippen LogP contribution in [0.15, 0.2) is 36.4 Å². The van der Waals surface area contributed by atoms with Gasteiger partial charge in [-0.05, 0) is 74.1 Å². The van der Waals surface area contributed by atoms with E-state index in [2.05, 4.69) is 43.0 Å². The van der Waals surface area contributed by atoms with Gasteiger partial charge in [0.25, 0.3) is 0 Å². The van der Waals surface area contributed by atoms with E-state index in [0.29, 0.717) is 12.5 Å². The molecule has 0 atom stereocenters. The van der Waals surface area contributed by atoms with Crippen molar-refractivity contribution in [3.8, 4) is 17.6 Å². The SMILES string of the molecule is CCCCCCc1ccc([C@H]2CC[C@H](C#Cc3ccc(OCCCC)c(F)c3F)CC2)cc1. The number of hydrogen-bond acceptors (Lipinski definition) is 1. The summed E-state index contributed by atoms with van der Waals surface area (Å²) in [5.41, 5.74) is 2.97. The van der Waals surface area contributed by atoms with Crippen LogP contribution in [0.1, 0.15) is 101 Å². The first-order chi connectivity index (χ1) is 16.1. The van der Waals surface area contributed by atoms with Gasteiger partial charge < -0.3 is 4.74 Å². The molecule has 2 aromatic rings. The third kappa shape index (κ3) is 7.60. The highest BCUT2D eigenvalue weighted by atomic mass is 19.2. The van der Waals surface area contributed by atoms with Crippen molar-refractivity contribution < 1.29 is 13.5 Å². The summed E-state index contributed by atoms with van der Waals surface area (Å²) in [5.74, 6) is 5.03. The van der Waals surface area contributed by atoms with Crippen molar-refractivity contribution in [3.05, 3.63) is 64.7 Å². The second-order valence-electron chi connectivity index (χ2n) is 9.31. The van der Waals surface area contributed by atoms with Crippen molar-refractivity contribution in [2.24, 2.45) is 5.92 Å². The zero-order valence-corrected chi connectivity index (χ0v) is 20.3. The Morgan fingerprint density at radius 1 is 0.818 bits per heavy atom. The maximum atomic E-state index is 14.4. The molecule has 0 saturated heterocycles. The molecular formula is C30H38F2O. The summed E-state index contributed by atoms with van der Waals surface area (Å²) in [5, 5.41) is 0. The van der Waals surface area contributed by atoms with Crippen molar-refractivity contribution in [1.82, 2.24) is 0 Å². The minimum Gasteiger partial charge on any atom is -0.490 e. The molecule has 0 aliphatic heterocycles. The highest BCUT2D eigenvalue weighted by Crippen LogP contribution is 2.35. The second-order valence-corrected chi connectivity index (χ2v) is 9.31. The predicted octanol–water partition coefficient (Wildman–Crippen LogP) is 8.59. The van der Waals surface area contributed by atoms with E-state index in [1.807, 2.05) is 6.92 Å². The summed E-state index contributed by atoms with van der Waals surface area (Å²) < 4.78 is 34.0. The zero-order chi connectivity index (χ0) is 23.5. The van der Waals surface area contributed by atoms with Crippen LogP contribution < -0.4 is 4.74 Å². The molecule has 0 bridgehead atoms. The first kappa shape index (κ1) is 25.3. The van der Waals surface area contributed by atoms with E-state index in [0.717, 1.165) is 38.5 Å². The molecule has 0 aromatic heterocycles. The van der Waals surface area contributed by atoms with Crippen molar-refractivity contribution in [2.45, 2.75) is 90.4 Å². The van der Waals surface area contributed by atoms with E-state index >= 15 is 0 Å². The quantitative estimate of drug-likeness (QED) is 0.259. The van der Waals surface area contributed by atoms with E-state index in [9.17, 15) is 8.78 Å². The van der Waals surface area contributed by atoms with E-state index in [1.165, 1.54) is 55.4 Å². The van der Waals surface area contributed by atoms with Crippen molar-refractivity contribution in [3.63, 3.8) is 0 Å². The molecule has 0 N–H and O–H groups in total. The number of hydrogen-bond donors (Lipinski definition) is 0. The molecule has 0 radical (unpaired) electrons. The Morgan fingerprint density at radius 3 is 2.24 bits per heavy atom. The van der Waals surface area contributed by atoms with E-state index in [1.54, 1.807) is 0 Å². The smallest absolute Gasteiger partial charge is 0.201 e. The average molecular weight is 453 g/mol. The van der Waals surface area contributed by atoms with Gasteiger partial charge in [-0.15, -0.1) is 0 Å². The summed E-state index contributed by atoms with van der Waals surface area (Å²) >= 11 is 0. The Hall–Kier alpha value is -2.34. The first-order valence-electron chi connectivity index (χ1n) is 12.8. The molecule has 3 heteroatoms. The van der Waals surface area contributed by atoms with Crippen LogP contribution in [0.25, 0.3) is 0 Å². The number of rotatable bonds is 10. The van der Waals surface area contributed by atoms with Gasteiger partial charge in [0.05, 0.1) is 12.2 Å². The number of aryl methyl sites for hydroxylation is 1. The van der Waals surface area contributed by atoms with Crippen molar-refractivity contribution in [1.29, 1.82) is 0 Å². The van der Waals surface area contributed by atoms with Crippen molar-refractivity contribution >= 4 is 0 Å². The summed E-state index contributed by atoms with van der Waals surface area (Å²) in [6.07, 6.45) is 12.3. The fraction of sp³-hybridized carbons (Fsp3) is 0.533. The van der Waals surface area contributed by atoms with Gasteiger partial charge in [-0.1, -0.05) is 75.6 Å². The molecule has 1 nitrogen and oxygen atoms in total. The van der Waals surface area contributed by atoms with Crippen LogP contribution in [-0.2, 0) is 6.42 Å². The molecule has 3 rings (SSSR count). The molecule has 1 aliphatic carbocycles. The number of benzene rings is 2. The lowest BCUT2D eigenvalue weighted by Gasteiger charge is -2.26. The Kier molecular flexibility index (Phi) is 10.3. The molecule has 0 spiro atoms. The van der Waals surface area contributed by atoms with Crippen molar-refractivity contribution in [2.75, 3.05) is 6.61 Å². The lowest BCUT2D eigenvalue weighted by Crippen LogP contribution is -2.12. The lowest BCUT2D eigenvalue weighted by atomic mass is 9.78. The maximum absolute atomic E-state index is 14.4. The predicted molar refractivity (Wildman–Crippen MR) is 133 cm³/mol. The Morgan fingerprint density at radius 2 is 1.55 bits per heavy atom. The lowest BCUT2D eigenvalue weighted by molar-refractivity contribution is 0.288. The Bertz CT molecular complexity index is 915. The van der Waals surface area contributed by atoms with Crippen LogP contribution in [0, 0.1) is 29.4 Å². The minimum atomic E-state index is -0.935. The molecule has 178 valence electrons. The van der Waals surface area contributed by atoms with Gasteiger partial charge in [-0.3, -0.25) is 0 Å². The molecule has 0 heterocycles. The molecule has 33 heavy (non-hydrogen) atoms. The molecule has 0 amide bonds. The molecule has 2 aromatic carbocycles. The van der Waals surface area contributed by atoms with Gasteiger partial charge in [-0.2, -0.15) is 4.39 Å². The zero-order valence-electron chi connectivity index (χ0n) is 20.3. The monoisotopic (exact) mass is 452 g/mol. The minimum absolute atomic E-state index is 0.0287. The third-order valence-corrected chi connectivity index (χ3v) is 6.71. The second kappa shape index (κ2) is 13.4. The standard InChI is InChI=1S/C30H38F2O/c1-3-5-7-8-9-23-10-15-25(16-11-23)26-17-12-24(13-18-26)14-19-27-20-21-28(30(32)29(27)31)33-22-6-4-2/h10-11,15-16,20-21,24,26H,3-9,12-13,17-18,22H2,1-2H3/t24-,26-. The first-order valence-corrected chi connectivity index (χ1v) is 12.8. The number of ether oxygens (including phenoxy) is 1. The average Bonchev–Trinajstić information content (AvgIpc) is 2.85. The van der Waals surface area contributed by atoms with Gasteiger partial charge >= 0.3 is 0 Å². The number of halogens is 2. The summed E-state index contributed by atoms with van der Waals surface area (Å²) in [7, 11) is 0. The van der Waals surface area contributed by atoms with E-state index in [-0.39, 0.29) is 17.2 Å². The molecule has 0 unspecified atom stereocenters. The van der Waals surface area contributed by atoms with Crippen LogP contribution in [0.4, 0.5) is 8.78 Å². The summed E-state index contributed by atoms with van der Waals surface area (Å²) in [6.45, 7) is 4.66. The van der Waals surface area contributed by atoms with Gasteiger partial charge in [-0.25, -0.2) is 4.39 Å². The summed E-state index contributed by atoms with van der Waals surface area (Å²) in [4.78, 5) is 0.